The van der Waals surface area contributed by atoms with Crippen LogP contribution in [0.25, 0.3) is 116 Å². The molecule has 1 unspecified atom stereocenters. The fourth-order valence-electron chi connectivity index (χ4n) is 15.2. The van der Waals surface area contributed by atoms with Crippen molar-refractivity contribution >= 4 is 37.9 Å². The Bertz CT molecular complexity index is 4240. The van der Waals surface area contributed by atoms with Crippen LogP contribution in [0.3, 0.4) is 0 Å². The zero-order chi connectivity index (χ0) is 62.4. The summed E-state index contributed by atoms with van der Waals surface area (Å²) in [5.41, 5.74) is 35.5. The van der Waals surface area contributed by atoms with Crippen molar-refractivity contribution in [1.82, 2.24) is 0 Å². The first kappa shape index (κ1) is 59.6. The number of allylic oxidation sites excluding steroid dienone is 4. The van der Waals surface area contributed by atoms with Gasteiger partial charge in [0.2, 0.25) is 0 Å². The smallest absolute Gasteiger partial charge is 0.000732 e. The fourth-order valence-corrected chi connectivity index (χ4v) is 15.2. The van der Waals surface area contributed by atoms with Crippen LogP contribution in [0.1, 0.15) is 216 Å². The number of rotatable bonds is 4. The van der Waals surface area contributed by atoms with Gasteiger partial charge in [0.05, 0.1) is 0 Å². The quantitative estimate of drug-likeness (QED) is 0.165. The summed E-state index contributed by atoms with van der Waals surface area (Å²) in [5.74, 6) is 0.315. The molecule has 0 N–H and O–H groups in total. The predicted molar refractivity (Wildman–Crippen MR) is 380 cm³/mol. The lowest BCUT2D eigenvalue weighted by molar-refractivity contribution is 0.462. The number of benzene rings is 9. The van der Waals surface area contributed by atoms with Crippen LogP contribution in [0.2, 0.25) is 0 Å². The van der Waals surface area contributed by atoms with Crippen LogP contribution in [-0.4, -0.2) is 0 Å². The first-order valence-corrected chi connectivity index (χ1v) is 32.5. The Morgan fingerprint density at radius 3 is 1.01 bits per heavy atom. The van der Waals surface area contributed by atoms with E-state index in [-0.39, 0.29) is 37.9 Å². The molecular weight excluding hydrogens is 1030 g/mol. The molecule has 0 aromatic heterocycles. The Kier molecular flexibility index (Phi) is 13.4. The topological polar surface area (TPSA) is 0 Å². The molecule has 0 heteroatoms. The van der Waals surface area contributed by atoms with Gasteiger partial charge in [-0.1, -0.05) is 273 Å². The van der Waals surface area contributed by atoms with Gasteiger partial charge in [0, 0.05) is 0 Å². The molecule has 12 rings (SSSR count). The minimum atomic E-state index is -0.0624. The van der Waals surface area contributed by atoms with E-state index in [1.165, 1.54) is 177 Å². The maximum atomic E-state index is 2.62. The maximum Gasteiger partial charge on any atom is -0.000732 e. The molecule has 442 valence electrons. The van der Waals surface area contributed by atoms with Gasteiger partial charge in [-0.3, -0.25) is 0 Å². The van der Waals surface area contributed by atoms with Crippen LogP contribution in [0.15, 0.2) is 132 Å². The van der Waals surface area contributed by atoms with Gasteiger partial charge in [-0.2, -0.15) is 0 Å². The number of hydrogen-bond acceptors (Lipinski definition) is 0. The highest BCUT2D eigenvalue weighted by Gasteiger charge is 2.40. The molecular formula is C86H98. The maximum absolute atomic E-state index is 2.62. The molecule has 0 radical (unpaired) electrons. The summed E-state index contributed by atoms with van der Waals surface area (Å²) >= 11 is 0. The normalized spacial score (nSPS) is 15.6. The van der Waals surface area contributed by atoms with Gasteiger partial charge in [-0.25, -0.2) is 0 Å². The average Bonchev–Trinajstić information content (AvgIpc) is 1.49. The number of hydrogen-bond donors (Lipinski definition) is 0. The Hall–Kier alpha value is -6.76. The fraction of sp³-hybridized carbons (Fsp3) is 0.395. The van der Waals surface area contributed by atoms with Crippen molar-refractivity contribution in [1.29, 1.82) is 0 Å². The van der Waals surface area contributed by atoms with Crippen LogP contribution in [0, 0.1) is 25.2 Å². The van der Waals surface area contributed by atoms with E-state index in [1.807, 2.05) is 0 Å². The van der Waals surface area contributed by atoms with Crippen LogP contribution >= 0.6 is 0 Å². The largest absolute Gasteiger partial charge is 0.0640 e. The first-order valence-electron chi connectivity index (χ1n) is 32.5. The molecule has 9 aromatic rings. The second kappa shape index (κ2) is 19.4. The molecule has 0 nitrogen and oxygen atoms in total. The van der Waals surface area contributed by atoms with Crippen LogP contribution in [-0.2, 0) is 32.5 Å². The van der Waals surface area contributed by atoms with Gasteiger partial charge in [0.25, 0.3) is 0 Å². The number of fused-ring (bicyclic) bond motifs is 8. The SMILES string of the molecule is CC1=C(c2c3c(c(-c4c(C)cc(C(C)(C)C)cc4C)c4ccc(C(C)(C)C)cc24)-c2ccc4c5c(ccc-3c25)-c2c-4c(-c3cc(C(C)(C)C)cc(C(C)(C)C)c3)c3ccccc3c2-c2cc(C(C)(C)C)cc(C(C)(C)C)c2)C(C)CC(C(C)(C)C)=C1. The summed E-state index contributed by atoms with van der Waals surface area (Å²) < 4.78 is 0. The van der Waals surface area contributed by atoms with Crippen LogP contribution in [0.4, 0.5) is 0 Å². The molecule has 0 heterocycles. The van der Waals surface area contributed by atoms with E-state index in [4.69, 9.17) is 0 Å². The zero-order valence-electron chi connectivity index (χ0n) is 57.3. The van der Waals surface area contributed by atoms with Crippen molar-refractivity contribution in [3.63, 3.8) is 0 Å². The minimum Gasteiger partial charge on any atom is -0.0640 e. The summed E-state index contributed by atoms with van der Waals surface area (Å²) in [4.78, 5) is 0. The second-order valence-corrected chi connectivity index (χ2v) is 34.1. The van der Waals surface area contributed by atoms with Crippen LogP contribution in [0.5, 0.6) is 0 Å². The van der Waals surface area contributed by atoms with Crippen molar-refractivity contribution in [3.05, 3.63) is 183 Å². The predicted octanol–water partition coefficient (Wildman–Crippen LogP) is 25.6. The van der Waals surface area contributed by atoms with Crippen molar-refractivity contribution < 1.29 is 0 Å². The lowest BCUT2D eigenvalue weighted by Crippen LogP contribution is -2.18. The van der Waals surface area contributed by atoms with Crippen LogP contribution < -0.4 is 0 Å². The van der Waals surface area contributed by atoms with Crippen molar-refractivity contribution in [3.8, 4) is 77.9 Å². The molecule has 0 fully saturated rings. The molecule has 0 amide bonds. The van der Waals surface area contributed by atoms with Gasteiger partial charge >= 0.3 is 0 Å². The van der Waals surface area contributed by atoms with E-state index in [0.717, 1.165) is 6.42 Å². The molecule has 0 saturated carbocycles. The Morgan fingerprint density at radius 2 is 0.651 bits per heavy atom. The van der Waals surface area contributed by atoms with Crippen molar-refractivity contribution in [2.24, 2.45) is 11.3 Å². The van der Waals surface area contributed by atoms with Gasteiger partial charge < -0.3 is 0 Å². The third kappa shape index (κ3) is 9.51. The van der Waals surface area contributed by atoms with Gasteiger partial charge in [-0.15, -0.1) is 0 Å². The Labute approximate surface area is 518 Å². The lowest BCUT2D eigenvalue weighted by atomic mass is 9.70. The molecule has 9 aromatic carbocycles. The number of aryl methyl sites for hydroxylation is 2. The lowest BCUT2D eigenvalue weighted by Gasteiger charge is -2.34. The molecule has 86 heavy (non-hydrogen) atoms. The molecule has 0 bridgehead atoms. The molecule has 0 aliphatic heterocycles. The molecule has 0 spiro atoms. The highest BCUT2D eigenvalue weighted by molar-refractivity contribution is 6.35. The van der Waals surface area contributed by atoms with E-state index < -0.39 is 0 Å². The summed E-state index contributed by atoms with van der Waals surface area (Å²) in [6.45, 7) is 59.8. The first-order chi connectivity index (χ1) is 39.7. The zero-order valence-corrected chi connectivity index (χ0v) is 57.3. The van der Waals surface area contributed by atoms with Gasteiger partial charge in [-0.05, 0) is 249 Å². The van der Waals surface area contributed by atoms with E-state index in [9.17, 15) is 0 Å². The van der Waals surface area contributed by atoms with Gasteiger partial charge in [0.15, 0.2) is 0 Å². The van der Waals surface area contributed by atoms with E-state index in [1.54, 1.807) is 0 Å². The molecule has 0 saturated heterocycles. The van der Waals surface area contributed by atoms with Gasteiger partial charge in [0.1, 0.15) is 0 Å². The average molecular weight is 1130 g/mol. The van der Waals surface area contributed by atoms with E-state index in [0.29, 0.717) is 5.92 Å². The molecule has 3 aliphatic carbocycles. The Morgan fingerprint density at radius 1 is 0.302 bits per heavy atom. The standard InChI is InChI=1S/C86H98/c1-47-36-54(81(8,9)10)37-48(2)68(47)74-62-31-30-53(80(5,6)7)46-67(62)79(69-49(3)38-55(39-50(69)4)82(11,12)13)78-66-35-33-64-72-63(32-34-65(73(66)72)77(74)78)75-70(51-40-56(83(14,15)16)44-57(41-51)84(17,18)19)60-28-26-27-29-61(60)71(76(64)75)52-42-58(85(20,21)22)45-59(43-52)86(23,24)25/h26-38,40-46,50H,39H2,1-25H3. The summed E-state index contributed by atoms with van der Waals surface area (Å²) in [5, 5.41) is 8.12. The van der Waals surface area contributed by atoms with E-state index >= 15 is 0 Å². The molecule has 3 aliphatic rings. The highest BCUT2D eigenvalue weighted by Crippen LogP contribution is 2.65. The monoisotopic (exact) mass is 1130 g/mol. The molecule has 1 atom stereocenters. The van der Waals surface area contributed by atoms with Crippen molar-refractivity contribution in [2.75, 3.05) is 0 Å². The second-order valence-electron chi connectivity index (χ2n) is 34.1. The third-order valence-electron chi connectivity index (χ3n) is 20.3. The van der Waals surface area contributed by atoms with E-state index in [2.05, 4.69) is 294 Å². The summed E-state index contributed by atoms with van der Waals surface area (Å²) in [6, 6.07) is 47.6. The van der Waals surface area contributed by atoms with Crippen molar-refractivity contribution in [2.45, 2.75) is 212 Å². The minimum absolute atomic E-state index is 0.0101. The highest BCUT2D eigenvalue weighted by atomic mass is 14.4. The summed E-state index contributed by atoms with van der Waals surface area (Å²) in [6.07, 6.45) is 3.62. The third-order valence-corrected chi connectivity index (χ3v) is 20.3. The summed E-state index contributed by atoms with van der Waals surface area (Å²) in [7, 11) is 0. The Balaban J connectivity index is 1.31.